The molecule has 28 heavy (non-hydrogen) atoms. The molecule has 1 fully saturated rings. The quantitative estimate of drug-likeness (QED) is 0.262. The third-order valence-corrected chi connectivity index (χ3v) is 4.88. The molecule has 1 aromatic heterocycles. The lowest BCUT2D eigenvalue weighted by Crippen LogP contribution is -2.41. The van der Waals surface area contributed by atoms with Gasteiger partial charge in [0.2, 0.25) is 0 Å². The van der Waals surface area contributed by atoms with Gasteiger partial charge in [-0.2, -0.15) is 0 Å². The van der Waals surface area contributed by atoms with Gasteiger partial charge in [0.25, 0.3) is 5.56 Å². The normalized spacial score (nSPS) is 24.7. The first-order valence-corrected chi connectivity index (χ1v) is 9.61. The van der Waals surface area contributed by atoms with Crippen molar-refractivity contribution in [1.29, 1.82) is 0 Å². The fourth-order valence-electron chi connectivity index (χ4n) is 3.37. The molecule has 0 spiro atoms. The lowest BCUT2D eigenvalue weighted by Gasteiger charge is -2.24. The average Bonchev–Trinajstić information content (AvgIpc) is 3.01. The topological polar surface area (TPSA) is 138 Å². The molecule has 0 radical (unpaired) electrons. The van der Waals surface area contributed by atoms with E-state index >= 15 is 0 Å². The lowest BCUT2D eigenvalue weighted by atomic mass is 10.1. The SMILES string of the molecule is CO[C@@H]1C(OCCCCCCCN)[C@H](n2cc(C)c(=O)[nH]c2=O)O[C@@H]1COO. The summed E-state index contributed by atoms with van der Waals surface area (Å²) in [5.41, 5.74) is 4.81. The Labute approximate surface area is 163 Å². The van der Waals surface area contributed by atoms with Crippen LogP contribution in [0.25, 0.3) is 0 Å². The number of nitrogens with two attached hydrogens (primary N) is 1. The second-order valence-electron chi connectivity index (χ2n) is 6.93. The number of H-pyrrole nitrogens is 1. The Hall–Kier alpha value is -1.56. The highest BCUT2D eigenvalue weighted by Crippen LogP contribution is 2.33. The van der Waals surface area contributed by atoms with E-state index in [1.165, 1.54) is 17.9 Å². The van der Waals surface area contributed by atoms with E-state index < -0.39 is 35.8 Å². The summed E-state index contributed by atoms with van der Waals surface area (Å²) in [7, 11) is 1.50. The van der Waals surface area contributed by atoms with E-state index in [-0.39, 0.29) is 6.61 Å². The van der Waals surface area contributed by atoms with Crippen LogP contribution >= 0.6 is 0 Å². The third-order valence-electron chi connectivity index (χ3n) is 4.88. The van der Waals surface area contributed by atoms with Crippen molar-refractivity contribution in [2.75, 3.05) is 26.9 Å². The van der Waals surface area contributed by atoms with Crippen LogP contribution < -0.4 is 17.0 Å². The van der Waals surface area contributed by atoms with E-state index in [4.69, 9.17) is 25.2 Å². The van der Waals surface area contributed by atoms with Gasteiger partial charge < -0.3 is 19.9 Å². The number of ether oxygens (including phenoxy) is 3. The number of methoxy groups -OCH3 is 1. The zero-order valence-electron chi connectivity index (χ0n) is 16.5. The van der Waals surface area contributed by atoms with Gasteiger partial charge in [0.1, 0.15) is 24.9 Å². The zero-order chi connectivity index (χ0) is 20.5. The molecular weight excluding hydrogens is 370 g/mol. The minimum atomic E-state index is -0.814. The highest BCUT2D eigenvalue weighted by molar-refractivity contribution is 5.03. The molecule has 4 atom stereocenters. The molecule has 2 rings (SSSR count). The molecule has 1 saturated heterocycles. The first-order chi connectivity index (χ1) is 13.5. The van der Waals surface area contributed by atoms with Gasteiger partial charge in [-0.05, 0) is 26.3 Å². The second kappa shape index (κ2) is 11.4. The van der Waals surface area contributed by atoms with Crippen LogP contribution in [0.4, 0.5) is 0 Å². The van der Waals surface area contributed by atoms with Crippen LogP contribution in [0.5, 0.6) is 0 Å². The Morgan fingerprint density at radius 1 is 1.21 bits per heavy atom. The Morgan fingerprint density at radius 2 is 1.93 bits per heavy atom. The zero-order valence-corrected chi connectivity index (χ0v) is 16.5. The van der Waals surface area contributed by atoms with Gasteiger partial charge in [-0.3, -0.25) is 19.6 Å². The monoisotopic (exact) mass is 401 g/mol. The van der Waals surface area contributed by atoms with Crippen molar-refractivity contribution in [3.05, 3.63) is 32.6 Å². The Bertz CT molecular complexity index is 705. The summed E-state index contributed by atoms with van der Waals surface area (Å²) < 4.78 is 18.7. The smallest absolute Gasteiger partial charge is 0.330 e. The van der Waals surface area contributed by atoms with Gasteiger partial charge in [0.15, 0.2) is 6.23 Å². The predicted octanol–water partition coefficient (Wildman–Crippen LogP) is 0.541. The number of aromatic amines is 1. The van der Waals surface area contributed by atoms with Crippen LogP contribution in [-0.4, -0.2) is 60.0 Å². The van der Waals surface area contributed by atoms with E-state index in [0.29, 0.717) is 18.7 Å². The summed E-state index contributed by atoms with van der Waals surface area (Å²) in [6, 6.07) is 0. The van der Waals surface area contributed by atoms with Gasteiger partial charge in [0.05, 0.1) is 0 Å². The van der Waals surface area contributed by atoms with E-state index in [1.807, 2.05) is 0 Å². The molecule has 4 N–H and O–H groups in total. The number of nitrogens with zero attached hydrogens (tertiary/aromatic N) is 1. The first-order valence-electron chi connectivity index (χ1n) is 9.61. The summed E-state index contributed by atoms with van der Waals surface area (Å²) in [6.07, 6.45) is 3.89. The van der Waals surface area contributed by atoms with E-state index in [9.17, 15) is 9.59 Å². The summed E-state index contributed by atoms with van der Waals surface area (Å²) >= 11 is 0. The van der Waals surface area contributed by atoms with Crippen LogP contribution in [0, 0.1) is 6.92 Å². The molecule has 10 nitrogen and oxygen atoms in total. The van der Waals surface area contributed by atoms with Crippen molar-refractivity contribution in [2.45, 2.75) is 63.6 Å². The average molecular weight is 401 g/mol. The first kappa shape index (κ1) is 22.7. The van der Waals surface area contributed by atoms with Gasteiger partial charge in [-0.25, -0.2) is 9.68 Å². The standard InChI is InChI=1S/C18H31N3O7/c1-12-10-21(18(23)20-16(12)22)17-15(14(25-2)13(28-17)11-27-24)26-9-7-5-3-4-6-8-19/h10,13-15,17,24H,3-9,11,19H2,1-2H3,(H,20,22,23)/t13-,14+,15?,17-/m1/s1. The number of nitrogens with one attached hydrogen (secondary N) is 1. The molecule has 0 aromatic carbocycles. The Kier molecular flexibility index (Phi) is 9.29. The van der Waals surface area contributed by atoms with E-state index in [2.05, 4.69) is 9.87 Å². The maximum absolute atomic E-state index is 12.3. The van der Waals surface area contributed by atoms with Crippen LogP contribution in [-0.2, 0) is 19.1 Å². The predicted molar refractivity (Wildman–Crippen MR) is 101 cm³/mol. The van der Waals surface area contributed by atoms with Gasteiger partial charge in [-0.15, -0.1) is 0 Å². The maximum Gasteiger partial charge on any atom is 0.330 e. The molecule has 2 heterocycles. The number of rotatable bonds is 12. The largest absolute Gasteiger partial charge is 0.376 e. The van der Waals surface area contributed by atoms with Crippen LogP contribution in [0.15, 0.2) is 15.8 Å². The second-order valence-corrected chi connectivity index (χ2v) is 6.93. The number of unbranched alkanes of at least 4 members (excludes halogenated alkanes) is 4. The molecule has 0 amide bonds. The van der Waals surface area contributed by atoms with E-state index in [1.54, 1.807) is 6.92 Å². The van der Waals surface area contributed by atoms with Gasteiger partial charge >= 0.3 is 5.69 Å². The molecule has 1 aliphatic rings. The molecule has 0 aliphatic carbocycles. The Balaban J connectivity index is 2.11. The van der Waals surface area contributed by atoms with Crippen molar-refractivity contribution in [2.24, 2.45) is 5.73 Å². The van der Waals surface area contributed by atoms with Crippen molar-refractivity contribution in [1.82, 2.24) is 9.55 Å². The molecule has 10 heteroatoms. The highest BCUT2D eigenvalue weighted by Gasteiger charge is 2.47. The molecule has 1 unspecified atom stereocenters. The lowest BCUT2D eigenvalue weighted by molar-refractivity contribution is -0.265. The number of aromatic nitrogens is 2. The van der Waals surface area contributed by atoms with Crippen LogP contribution in [0.1, 0.15) is 43.9 Å². The summed E-state index contributed by atoms with van der Waals surface area (Å²) in [4.78, 5) is 30.5. The molecule has 0 saturated carbocycles. The van der Waals surface area contributed by atoms with Crippen molar-refractivity contribution < 1.29 is 24.4 Å². The maximum atomic E-state index is 12.3. The molecule has 0 bridgehead atoms. The molecule has 1 aliphatic heterocycles. The Morgan fingerprint density at radius 3 is 2.61 bits per heavy atom. The summed E-state index contributed by atoms with van der Waals surface area (Å²) in [5, 5.41) is 8.83. The third kappa shape index (κ3) is 5.72. The molecule has 1 aromatic rings. The summed E-state index contributed by atoms with van der Waals surface area (Å²) in [5.74, 6) is 0. The van der Waals surface area contributed by atoms with Gasteiger partial charge in [-0.1, -0.05) is 19.3 Å². The van der Waals surface area contributed by atoms with Crippen molar-refractivity contribution in [3.8, 4) is 0 Å². The fourth-order valence-corrected chi connectivity index (χ4v) is 3.37. The minimum Gasteiger partial charge on any atom is -0.376 e. The van der Waals surface area contributed by atoms with Crippen LogP contribution in [0.2, 0.25) is 0 Å². The number of hydrogen-bond acceptors (Lipinski definition) is 8. The number of aryl methyl sites for hydroxylation is 1. The highest BCUT2D eigenvalue weighted by atomic mass is 17.1. The van der Waals surface area contributed by atoms with E-state index in [0.717, 1.165) is 32.1 Å². The van der Waals surface area contributed by atoms with Gasteiger partial charge in [0, 0.05) is 25.5 Å². The number of hydrogen-bond donors (Lipinski definition) is 3. The van der Waals surface area contributed by atoms with Crippen molar-refractivity contribution in [3.63, 3.8) is 0 Å². The fraction of sp³-hybridized carbons (Fsp3) is 0.778. The minimum absolute atomic E-state index is 0.134. The van der Waals surface area contributed by atoms with Crippen molar-refractivity contribution >= 4 is 0 Å². The van der Waals surface area contributed by atoms with Crippen LogP contribution in [0.3, 0.4) is 0 Å². The molecule has 160 valence electrons. The molecular formula is C18H31N3O7. The summed E-state index contributed by atoms with van der Waals surface area (Å²) in [6.45, 7) is 2.64.